The quantitative estimate of drug-likeness (QED) is 0.328. The largest absolute Gasteiger partial charge is 0.462 e. The number of hydrogen-bond acceptors (Lipinski definition) is 4. The van der Waals surface area contributed by atoms with Crippen molar-refractivity contribution in [2.24, 2.45) is 0 Å². The molecule has 8 nitrogen and oxygen atoms in total. The van der Waals surface area contributed by atoms with Crippen LogP contribution < -0.4 is 10.6 Å². The van der Waals surface area contributed by atoms with Gasteiger partial charge in [0.2, 0.25) is 5.91 Å². The second-order valence-electron chi connectivity index (χ2n) is 9.06. The normalized spacial score (nSPS) is 14.6. The number of rotatable bonds is 5. The third kappa shape index (κ3) is 5.04. The monoisotopic (exact) mass is 496 g/mol. The lowest BCUT2D eigenvalue weighted by molar-refractivity contribution is -0.120. The molecule has 8 heteroatoms. The summed E-state index contributed by atoms with van der Waals surface area (Å²) in [6.07, 6.45) is 0.368. The molecular weight excluding hydrogens is 468 g/mol. The first-order valence-corrected chi connectivity index (χ1v) is 12.2. The van der Waals surface area contributed by atoms with Gasteiger partial charge in [-0.15, -0.1) is 0 Å². The number of nitrogens with zero attached hydrogens (tertiary/aromatic N) is 1. The summed E-state index contributed by atoms with van der Waals surface area (Å²) in [6, 6.07) is 20.9. The molecule has 0 radical (unpaired) electrons. The molecule has 2 heterocycles. The number of para-hydroxylation sites is 1. The Morgan fingerprint density at radius 2 is 1.76 bits per heavy atom. The van der Waals surface area contributed by atoms with Crippen LogP contribution in [0.1, 0.15) is 34.1 Å². The predicted molar refractivity (Wildman–Crippen MR) is 143 cm³/mol. The zero-order valence-electron chi connectivity index (χ0n) is 20.7. The van der Waals surface area contributed by atoms with Crippen LogP contribution in [0.25, 0.3) is 10.9 Å². The number of H-pyrrole nitrogens is 1. The van der Waals surface area contributed by atoms with Crippen LogP contribution in [0.4, 0.5) is 16.2 Å². The number of ether oxygens (including phenoxy) is 1. The number of urea groups is 1. The van der Waals surface area contributed by atoms with Gasteiger partial charge in [-0.05, 0) is 67.4 Å². The number of esters is 1. The molecule has 3 aromatic carbocycles. The first-order valence-electron chi connectivity index (χ1n) is 12.2. The fraction of sp³-hybridized carbons (Fsp3) is 0.207. The summed E-state index contributed by atoms with van der Waals surface area (Å²) in [5, 5.41) is 6.90. The minimum atomic E-state index is -0.735. The van der Waals surface area contributed by atoms with Gasteiger partial charge >= 0.3 is 12.0 Å². The van der Waals surface area contributed by atoms with Gasteiger partial charge in [0.25, 0.3) is 0 Å². The molecule has 3 N–H and O–H groups in total. The highest BCUT2D eigenvalue weighted by Gasteiger charge is 2.36. The van der Waals surface area contributed by atoms with Gasteiger partial charge in [-0.25, -0.2) is 9.59 Å². The zero-order chi connectivity index (χ0) is 25.9. The van der Waals surface area contributed by atoms with E-state index in [9.17, 15) is 14.4 Å². The van der Waals surface area contributed by atoms with Gasteiger partial charge in [0.05, 0.1) is 18.7 Å². The smallest absolute Gasteiger partial charge is 0.338 e. The highest BCUT2D eigenvalue weighted by Crippen LogP contribution is 2.31. The third-order valence-corrected chi connectivity index (χ3v) is 6.50. The van der Waals surface area contributed by atoms with Crippen molar-refractivity contribution in [2.45, 2.75) is 32.9 Å². The summed E-state index contributed by atoms with van der Waals surface area (Å²) < 4.78 is 5.02. The highest BCUT2D eigenvalue weighted by atomic mass is 16.5. The van der Waals surface area contributed by atoms with Gasteiger partial charge in [-0.2, -0.15) is 0 Å². The van der Waals surface area contributed by atoms with E-state index < -0.39 is 12.0 Å². The van der Waals surface area contributed by atoms with E-state index in [4.69, 9.17) is 4.74 Å². The number of hydrogen-bond donors (Lipinski definition) is 3. The average Bonchev–Trinajstić information content (AvgIpc) is 3.26. The summed E-state index contributed by atoms with van der Waals surface area (Å²) in [6.45, 7) is 4.25. The SMILES string of the molecule is CCOC(=O)c1ccc(NC(=O)[C@H]2Cc3c([nH]c4ccccc34)CN2C(=O)Nc2cccc(C)c2)cc1. The van der Waals surface area contributed by atoms with E-state index >= 15 is 0 Å². The van der Waals surface area contributed by atoms with Gasteiger partial charge in [-0.1, -0.05) is 30.3 Å². The molecule has 1 aromatic heterocycles. The second kappa shape index (κ2) is 10.2. The van der Waals surface area contributed by atoms with Crippen LogP contribution in [0.2, 0.25) is 0 Å². The molecule has 1 aliphatic rings. The molecule has 1 aliphatic heterocycles. The number of carbonyl (C=O) groups excluding carboxylic acids is 3. The highest BCUT2D eigenvalue weighted by molar-refractivity contribution is 6.01. The van der Waals surface area contributed by atoms with Gasteiger partial charge in [-0.3, -0.25) is 4.79 Å². The molecule has 0 unspecified atom stereocenters. The Morgan fingerprint density at radius 1 is 0.973 bits per heavy atom. The standard InChI is InChI=1S/C29H28N4O4/c1-3-37-28(35)19-11-13-20(14-12-19)30-27(34)26-16-23-22-9-4-5-10-24(22)32-25(23)17-33(26)29(36)31-21-8-6-7-18(2)15-21/h4-15,26,32H,3,16-17H2,1-2H3,(H,30,34)(H,31,36)/t26-/m1/s1. The van der Waals surface area contributed by atoms with Crippen LogP contribution >= 0.6 is 0 Å². The molecule has 188 valence electrons. The van der Waals surface area contributed by atoms with Crippen LogP contribution in [0, 0.1) is 6.92 Å². The molecule has 3 amide bonds. The molecule has 0 fully saturated rings. The molecule has 5 rings (SSSR count). The van der Waals surface area contributed by atoms with E-state index in [2.05, 4.69) is 15.6 Å². The van der Waals surface area contributed by atoms with Crippen molar-refractivity contribution in [3.8, 4) is 0 Å². The number of anilines is 2. The first-order chi connectivity index (χ1) is 17.9. The summed E-state index contributed by atoms with van der Waals surface area (Å²) in [5.41, 5.74) is 5.55. The summed E-state index contributed by atoms with van der Waals surface area (Å²) in [4.78, 5) is 43.9. The number of carbonyl (C=O) groups is 3. The zero-order valence-corrected chi connectivity index (χ0v) is 20.7. The van der Waals surface area contributed by atoms with E-state index in [0.29, 0.717) is 23.4 Å². The number of nitrogens with one attached hydrogen (secondary N) is 3. The van der Waals surface area contributed by atoms with Gasteiger partial charge in [0.1, 0.15) is 6.04 Å². The number of aromatic amines is 1. The van der Waals surface area contributed by atoms with E-state index in [1.54, 1.807) is 36.1 Å². The number of aromatic nitrogens is 1. The molecular formula is C29H28N4O4. The van der Waals surface area contributed by atoms with Crippen LogP contribution in [0.3, 0.4) is 0 Å². The molecule has 1 atom stereocenters. The van der Waals surface area contributed by atoms with Gasteiger partial charge in [0.15, 0.2) is 0 Å². The average molecular weight is 497 g/mol. The second-order valence-corrected chi connectivity index (χ2v) is 9.06. The van der Waals surface area contributed by atoms with Crippen molar-refractivity contribution in [3.63, 3.8) is 0 Å². The lowest BCUT2D eigenvalue weighted by atomic mass is 9.96. The number of aryl methyl sites for hydroxylation is 1. The van der Waals surface area contributed by atoms with Crippen LogP contribution in [-0.4, -0.2) is 40.4 Å². The van der Waals surface area contributed by atoms with Gasteiger partial charge < -0.3 is 25.3 Å². The van der Waals surface area contributed by atoms with Gasteiger partial charge in [0, 0.05) is 34.4 Å². The lowest BCUT2D eigenvalue weighted by Gasteiger charge is -2.34. The molecule has 0 bridgehead atoms. The van der Waals surface area contributed by atoms with E-state index in [1.165, 1.54) is 0 Å². The lowest BCUT2D eigenvalue weighted by Crippen LogP contribution is -2.52. The van der Waals surface area contributed by atoms with Crippen molar-refractivity contribution in [1.29, 1.82) is 0 Å². The molecule has 0 saturated carbocycles. The van der Waals surface area contributed by atoms with Crippen molar-refractivity contribution in [1.82, 2.24) is 9.88 Å². The number of benzene rings is 3. The molecule has 0 aliphatic carbocycles. The Balaban J connectivity index is 1.41. The Hall–Kier alpha value is -4.59. The molecule has 0 saturated heterocycles. The third-order valence-electron chi connectivity index (χ3n) is 6.50. The molecule has 0 spiro atoms. The fourth-order valence-corrected chi connectivity index (χ4v) is 4.70. The maximum atomic E-state index is 13.5. The molecule has 37 heavy (non-hydrogen) atoms. The fourth-order valence-electron chi connectivity index (χ4n) is 4.70. The topological polar surface area (TPSA) is 104 Å². The Bertz CT molecular complexity index is 1480. The predicted octanol–water partition coefficient (Wildman–Crippen LogP) is 5.25. The van der Waals surface area contributed by atoms with Crippen molar-refractivity contribution < 1.29 is 19.1 Å². The van der Waals surface area contributed by atoms with Crippen molar-refractivity contribution in [3.05, 3.63) is 95.2 Å². The summed E-state index contributed by atoms with van der Waals surface area (Å²) in [7, 11) is 0. The van der Waals surface area contributed by atoms with E-state index in [-0.39, 0.29) is 25.1 Å². The summed E-state index contributed by atoms with van der Waals surface area (Å²) in [5.74, 6) is -0.724. The van der Waals surface area contributed by atoms with E-state index in [0.717, 1.165) is 27.7 Å². The molecule has 4 aromatic rings. The van der Waals surface area contributed by atoms with Crippen molar-refractivity contribution >= 4 is 40.2 Å². The first kappa shape index (κ1) is 24.1. The Kier molecular flexibility index (Phi) is 6.64. The van der Waals surface area contributed by atoms with E-state index in [1.807, 2.05) is 55.5 Å². The maximum absolute atomic E-state index is 13.5. The van der Waals surface area contributed by atoms with Crippen LogP contribution in [0.15, 0.2) is 72.8 Å². The minimum absolute atomic E-state index is 0.265. The van der Waals surface area contributed by atoms with Crippen LogP contribution in [0.5, 0.6) is 0 Å². The Labute approximate surface area is 214 Å². The Morgan fingerprint density at radius 3 is 2.51 bits per heavy atom. The minimum Gasteiger partial charge on any atom is -0.462 e. The summed E-state index contributed by atoms with van der Waals surface area (Å²) >= 11 is 0. The maximum Gasteiger partial charge on any atom is 0.338 e. The number of fused-ring (bicyclic) bond motifs is 3. The number of amides is 3. The van der Waals surface area contributed by atoms with Crippen molar-refractivity contribution in [2.75, 3.05) is 17.2 Å². The van der Waals surface area contributed by atoms with Crippen LogP contribution in [-0.2, 0) is 22.5 Å².